The summed E-state index contributed by atoms with van der Waals surface area (Å²) in [6.07, 6.45) is -0.122. The molecule has 9 heteroatoms. The summed E-state index contributed by atoms with van der Waals surface area (Å²) in [4.78, 5) is 5.47. The summed E-state index contributed by atoms with van der Waals surface area (Å²) in [7, 11) is 0. The fourth-order valence-corrected chi connectivity index (χ4v) is 4.67. The molecular weight excluding hydrogens is 382 g/mol. The molecule has 28 heavy (non-hydrogen) atoms. The summed E-state index contributed by atoms with van der Waals surface area (Å²) >= 11 is 1.70. The number of hydrogen-bond acceptors (Lipinski definition) is 9. The zero-order chi connectivity index (χ0) is 19.9. The molecule has 2 aliphatic rings. The van der Waals surface area contributed by atoms with E-state index >= 15 is 0 Å². The molecule has 1 atom stereocenters. The van der Waals surface area contributed by atoms with E-state index in [9.17, 15) is 25.5 Å². The van der Waals surface area contributed by atoms with Gasteiger partial charge in [0.05, 0.1) is 0 Å². The number of piperazine rings is 1. The minimum atomic E-state index is -3.63. The molecule has 2 aromatic carbocycles. The molecule has 0 saturated carbocycles. The van der Waals surface area contributed by atoms with Crippen LogP contribution in [0.4, 0.5) is 5.69 Å². The van der Waals surface area contributed by atoms with Crippen molar-refractivity contribution in [2.24, 2.45) is 0 Å². The average molecular weight is 405 g/mol. The summed E-state index contributed by atoms with van der Waals surface area (Å²) in [5.74, 6) is -6.77. The molecule has 0 bridgehead atoms. The molecule has 0 spiro atoms. The third-order valence-electron chi connectivity index (χ3n) is 5.18. The first-order chi connectivity index (χ1) is 13.3. The molecular formula is C19H23N3O5S. The Bertz CT molecular complexity index is 849. The van der Waals surface area contributed by atoms with E-state index in [0.717, 1.165) is 25.9 Å². The predicted molar refractivity (Wildman–Crippen MR) is 103 cm³/mol. The molecule has 150 valence electrons. The van der Waals surface area contributed by atoms with Crippen LogP contribution < -0.4 is 5.32 Å². The van der Waals surface area contributed by atoms with Gasteiger partial charge in [-0.05, 0) is 18.2 Å². The molecule has 1 unspecified atom stereocenters. The lowest BCUT2D eigenvalue weighted by molar-refractivity contribution is -0.487. The number of benzene rings is 2. The van der Waals surface area contributed by atoms with Gasteiger partial charge in [0, 0.05) is 47.2 Å². The van der Waals surface area contributed by atoms with Crippen LogP contribution in [0.5, 0.6) is 0 Å². The molecule has 1 saturated heterocycles. The summed E-state index contributed by atoms with van der Waals surface area (Å²) in [6.45, 7) is 1.12. The molecule has 1 fully saturated rings. The second-order valence-electron chi connectivity index (χ2n) is 6.98. The van der Waals surface area contributed by atoms with Crippen LogP contribution in [-0.4, -0.2) is 73.4 Å². The normalized spacial score (nSPS) is 21.4. The van der Waals surface area contributed by atoms with Crippen molar-refractivity contribution in [2.45, 2.75) is 27.8 Å². The van der Waals surface area contributed by atoms with E-state index in [2.05, 4.69) is 28.4 Å². The molecule has 0 radical (unpaired) electrons. The third-order valence-corrected chi connectivity index (χ3v) is 6.35. The van der Waals surface area contributed by atoms with Gasteiger partial charge in [0.15, 0.2) is 0 Å². The van der Waals surface area contributed by atoms with Gasteiger partial charge >= 0.3 is 11.9 Å². The largest absolute Gasteiger partial charge is 0.365 e. The lowest BCUT2D eigenvalue weighted by atomic mass is 10.1. The number of fused-ring (bicyclic) bond motifs is 2. The highest BCUT2D eigenvalue weighted by atomic mass is 32.2. The van der Waals surface area contributed by atoms with Gasteiger partial charge in [-0.25, -0.2) is 4.90 Å². The van der Waals surface area contributed by atoms with E-state index in [1.165, 1.54) is 0 Å². The first-order valence-electron chi connectivity index (χ1n) is 9.01. The first-order valence-corrected chi connectivity index (χ1v) is 9.82. The number of nitrogens with zero attached hydrogens (tertiary/aromatic N) is 2. The van der Waals surface area contributed by atoms with Gasteiger partial charge in [-0.15, -0.1) is 0 Å². The molecule has 0 aliphatic carbocycles. The van der Waals surface area contributed by atoms with Crippen LogP contribution in [0.25, 0.3) is 0 Å². The van der Waals surface area contributed by atoms with Crippen molar-refractivity contribution in [2.75, 3.05) is 31.5 Å². The second-order valence-corrected chi connectivity index (χ2v) is 8.06. The number of hydrogen-bond donors (Lipinski definition) is 6. The van der Waals surface area contributed by atoms with E-state index in [4.69, 9.17) is 0 Å². The van der Waals surface area contributed by atoms with Crippen LogP contribution in [-0.2, 0) is 0 Å². The van der Waals surface area contributed by atoms with Crippen LogP contribution in [0.3, 0.4) is 0 Å². The fourth-order valence-electron chi connectivity index (χ4n) is 3.61. The van der Waals surface area contributed by atoms with Crippen molar-refractivity contribution < 1.29 is 25.5 Å². The average Bonchev–Trinajstić information content (AvgIpc) is 2.84. The maximum atomic E-state index is 9.90. The summed E-state index contributed by atoms with van der Waals surface area (Å²) in [6, 6.07) is 16.2. The van der Waals surface area contributed by atoms with E-state index in [-0.39, 0.29) is 19.3 Å². The summed E-state index contributed by atoms with van der Waals surface area (Å²) in [5.41, 5.74) is 2.15. The Kier molecular flexibility index (Phi) is 5.10. The van der Waals surface area contributed by atoms with E-state index in [1.54, 1.807) is 11.8 Å². The van der Waals surface area contributed by atoms with Crippen LogP contribution in [0, 0.1) is 0 Å². The van der Waals surface area contributed by atoms with E-state index < -0.39 is 11.9 Å². The molecule has 2 heterocycles. The maximum Gasteiger partial charge on any atom is 0.349 e. The van der Waals surface area contributed by atoms with Crippen LogP contribution in [0.2, 0.25) is 0 Å². The Morgan fingerprint density at radius 1 is 0.821 bits per heavy atom. The fraction of sp³-hybridized carbons (Fsp3) is 0.368. The minimum Gasteiger partial charge on any atom is -0.365 e. The number of para-hydroxylation sites is 1. The highest BCUT2D eigenvalue weighted by Gasteiger charge is 2.52. The standard InChI is InChI=1S/C19H23N3O5S/c23-18(24,19(25,26)27)22-11-9-21(10-12-22)17-13-5-1-3-7-15(13)28-16-8-4-2-6-14(16)20-17/h1-8,17,20,23-27H,9-12H2. The van der Waals surface area contributed by atoms with E-state index in [1.807, 2.05) is 30.3 Å². The van der Waals surface area contributed by atoms with Crippen molar-refractivity contribution in [1.29, 1.82) is 0 Å². The highest BCUT2D eigenvalue weighted by Crippen LogP contribution is 2.43. The Morgan fingerprint density at radius 2 is 1.43 bits per heavy atom. The van der Waals surface area contributed by atoms with Crippen molar-refractivity contribution >= 4 is 17.4 Å². The smallest absolute Gasteiger partial charge is 0.349 e. The van der Waals surface area contributed by atoms with Crippen LogP contribution >= 0.6 is 11.8 Å². The maximum absolute atomic E-state index is 9.90. The van der Waals surface area contributed by atoms with Gasteiger partial charge in [0.2, 0.25) is 0 Å². The number of nitrogens with one attached hydrogen (secondary N) is 1. The first kappa shape index (κ1) is 19.6. The zero-order valence-corrected chi connectivity index (χ0v) is 15.9. The quantitative estimate of drug-likeness (QED) is 0.397. The van der Waals surface area contributed by atoms with Gasteiger partial charge in [0.25, 0.3) is 0 Å². The SMILES string of the molecule is OC(O)(O)C(O)(O)N1CCN(C2Nc3ccccc3Sc3ccccc32)CC1. The second kappa shape index (κ2) is 7.29. The topological polar surface area (TPSA) is 120 Å². The van der Waals surface area contributed by atoms with Crippen molar-refractivity contribution in [3.63, 3.8) is 0 Å². The van der Waals surface area contributed by atoms with E-state index in [0.29, 0.717) is 13.1 Å². The monoisotopic (exact) mass is 405 g/mol. The Balaban J connectivity index is 1.58. The minimum absolute atomic E-state index is 0.122. The Labute approximate surface area is 166 Å². The van der Waals surface area contributed by atoms with Gasteiger partial charge < -0.3 is 30.8 Å². The molecule has 0 aromatic heterocycles. The van der Waals surface area contributed by atoms with Crippen LogP contribution in [0.15, 0.2) is 58.3 Å². The molecule has 4 rings (SSSR count). The number of rotatable bonds is 3. The van der Waals surface area contributed by atoms with Gasteiger partial charge in [0.1, 0.15) is 6.17 Å². The Morgan fingerprint density at radius 3 is 2.11 bits per heavy atom. The molecule has 2 aliphatic heterocycles. The Hall–Kier alpha value is -1.69. The highest BCUT2D eigenvalue weighted by molar-refractivity contribution is 7.99. The number of aliphatic hydroxyl groups is 5. The van der Waals surface area contributed by atoms with Crippen molar-refractivity contribution in [3.8, 4) is 0 Å². The molecule has 6 N–H and O–H groups in total. The lowest BCUT2D eigenvalue weighted by Gasteiger charge is -2.45. The molecule has 2 aromatic rings. The third kappa shape index (κ3) is 3.51. The van der Waals surface area contributed by atoms with Crippen LogP contribution in [0.1, 0.15) is 11.7 Å². The lowest BCUT2D eigenvalue weighted by Crippen LogP contribution is -2.68. The van der Waals surface area contributed by atoms with Gasteiger partial charge in [-0.3, -0.25) is 4.90 Å². The van der Waals surface area contributed by atoms with Gasteiger partial charge in [-0.1, -0.05) is 42.1 Å². The summed E-state index contributed by atoms with van der Waals surface area (Å²) in [5, 5.41) is 51.1. The molecule has 0 amide bonds. The number of anilines is 1. The predicted octanol–water partition coefficient (Wildman–Crippen LogP) is 0.149. The van der Waals surface area contributed by atoms with Gasteiger partial charge in [-0.2, -0.15) is 0 Å². The molecule has 8 nitrogen and oxygen atoms in total. The van der Waals surface area contributed by atoms with Crippen molar-refractivity contribution in [3.05, 3.63) is 54.1 Å². The van der Waals surface area contributed by atoms with Crippen molar-refractivity contribution in [1.82, 2.24) is 9.80 Å². The summed E-state index contributed by atoms with van der Waals surface area (Å²) < 4.78 is 0. The zero-order valence-electron chi connectivity index (χ0n) is 15.1.